The molecule has 1 aliphatic heterocycles. The third-order valence-corrected chi connectivity index (χ3v) is 2.32. The minimum Gasteiger partial charge on any atom is -0.444 e. The van der Waals surface area contributed by atoms with E-state index in [-0.39, 0.29) is 12.2 Å². The van der Waals surface area contributed by atoms with Crippen molar-refractivity contribution >= 4 is 6.09 Å². The summed E-state index contributed by atoms with van der Waals surface area (Å²) in [6.07, 6.45) is 6.63. The second kappa shape index (κ2) is 5.92. The highest BCUT2D eigenvalue weighted by molar-refractivity contribution is 5.69. The van der Waals surface area contributed by atoms with Crippen LogP contribution in [0.1, 0.15) is 33.6 Å². The molecule has 0 aromatic carbocycles. The van der Waals surface area contributed by atoms with Crippen molar-refractivity contribution in [2.45, 2.75) is 45.3 Å². The van der Waals surface area contributed by atoms with Crippen molar-refractivity contribution in [2.24, 2.45) is 0 Å². The first-order valence-electron chi connectivity index (χ1n) is 5.95. The number of nitrogens with zero attached hydrogens (tertiary/aromatic N) is 1. The molecule has 4 nitrogen and oxygen atoms in total. The molecule has 1 fully saturated rings. The zero-order valence-corrected chi connectivity index (χ0v) is 10.9. The molecular weight excluding hydrogens is 218 g/mol. The lowest BCUT2D eigenvalue weighted by Crippen LogP contribution is -2.55. The fourth-order valence-corrected chi connectivity index (χ4v) is 1.44. The minimum absolute atomic E-state index is 0.139. The monoisotopic (exact) mass is 239 g/mol. The zero-order chi connectivity index (χ0) is 12.9. The van der Waals surface area contributed by atoms with E-state index in [1.165, 1.54) is 0 Å². The molecule has 1 heterocycles. The van der Waals surface area contributed by atoms with Gasteiger partial charge >= 0.3 is 6.09 Å². The van der Waals surface area contributed by atoms with E-state index in [9.17, 15) is 4.79 Å². The number of hydrogen-bond acceptors (Lipinski definition) is 3. The van der Waals surface area contributed by atoms with Crippen molar-refractivity contribution in [1.29, 1.82) is 0 Å². The number of terminal acetylenes is 1. The molecule has 4 heteroatoms. The van der Waals surface area contributed by atoms with Crippen molar-refractivity contribution in [1.82, 2.24) is 4.90 Å². The third-order valence-electron chi connectivity index (χ3n) is 2.32. The van der Waals surface area contributed by atoms with Gasteiger partial charge in [0.25, 0.3) is 0 Å². The van der Waals surface area contributed by atoms with E-state index in [4.69, 9.17) is 15.9 Å². The van der Waals surface area contributed by atoms with Gasteiger partial charge < -0.3 is 14.4 Å². The Balaban J connectivity index is 2.11. The van der Waals surface area contributed by atoms with Crippen molar-refractivity contribution < 1.29 is 14.3 Å². The normalized spacial score (nSPS) is 16.2. The summed E-state index contributed by atoms with van der Waals surface area (Å²) in [4.78, 5) is 13.2. The van der Waals surface area contributed by atoms with Crippen LogP contribution < -0.4 is 0 Å². The van der Waals surface area contributed by atoms with Crippen LogP contribution in [0.25, 0.3) is 0 Å². The molecule has 0 spiro atoms. The molecule has 1 amide bonds. The fraction of sp³-hybridized carbons (Fsp3) is 0.769. The molecule has 96 valence electrons. The van der Waals surface area contributed by atoms with Crippen LogP contribution in [0.15, 0.2) is 0 Å². The fourth-order valence-electron chi connectivity index (χ4n) is 1.44. The molecule has 0 atom stereocenters. The molecule has 0 bridgehead atoms. The summed E-state index contributed by atoms with van der Waals surface area (Å²) in [5, 5.41) is 0. The van der Waals surface area contributed by atoms with Crippen LogP contribution in [0.4, 0.5) is 4.79 Å². The Kier molecular flexibility index (Phi) is 4.83. The summed E-state index contributed by atoms with van der Waals surface area (Å²) in [5.41, 5.74) is -0.435. The zero-order valence-electron chi connectivity index (χ0n) is 10.9. The summed E-state index contributed by atoms with van der Waals surface area (Å²) >= 11 is 0. The Morgan fingerprint density at radius 1 is 1.47 bits per heavy atom. The average Bonchev–Trinajstić information content (AvgIpc) is 2.11. The lowest BCUT2D eigenvalue weighted by Gasteiger charge is -2.39. The molecule has 0 aliphatic carbocycles. The van der Waals surface area contributed by atoms with Gasteiger partial charge in [-0.15, -0.1) is 12.3 Å². The number of unbranched alkanes of at least 4 members (excludes halogenated alkanes) is 1. The van der Waals surface area contributed by atoms with Gasteiger partial charge in [0.2, 0.25) is 0 Å². The van der Waals surface area contributed by atoms with E-state index in [0.29, 0.717) is 19.7 Å². The maximum absolute atomic E-state index is 11.6. The summed E-state index contributed by atoms with van der Waals surface area (Å²) in [7, 11) is 0. The van der Waals surface area contributed by atoms with Crippen molar-refractivity contribution in [3.8, 4) is 12.3 Å². The lowest BCUT2D eigenvalue weighted by atomic mass is 10.1. The van der Waals surface area contributed by atoms with Crippen LogP contribution in [-0.2, 0) is 9.47 Å². The molecule has 1 rings (SSSR count). The first kappa shape index (κ1) is 13.9. The molecular formula is C13H21NO3. The van der Waals surface area contributed by atoms with Crippen LogP contribution in [0.2, 0.25) is 0 Å². The summed E-state index contributed by atoms with van der Waals surface area (Å²) in [6.45, 7) is 7.47. The van der Waals surface area contributed by atoms with Crippen LogP contribution in [0.5, 0.6) is 0 Å². The second-order valence-electron chi connectivity index (χ2n) is 5.19. The number of ether oxygens (including phenoxy) is 2. The van der Waals surface area contributed by atoms with Gasteiger partial charge in [0.05, 0.1) is 19.2 Å². The summed E-state index contributed by atoms with van der Waals surface area (Å²) in [5.74, 6) is 2.57. The van der Waals surface area contributed by atoms with E-state index in [1.54, 1.807) is 4.90 Å². The van der Waals surface area contributed by atoms with Gasteiger partial charge in [0.15, 0.2) is 0 Å². The van der Waals surface area contributed by atoms with E-state index >= 15 is 0 Å². The molecule has 0 aromatic heterocycles. The Hall–Kier alpha value is -1.21. The first-order chi connectivity index (χ1) is 7.92. The quantitative estimate of drug-likeness (QED) is 0.556. The van der Waals surface area contributed by atoms with Gasteiger partial charge in [-0.2, -0.15) is 0 Å². The van der Waals surface area contributed by atoms with Gasteiger partial charge in [-0.25, -0.2) is 4.79 Å². The average molecular weight is 239 g/mol. The maximum atomic E-state index is 11.6. The van der Waals surface area contributed by atoms with E-state index in [1.807, 2.05) is 20.8 Å². The van der Waals surface area contributed by atoms with Crippen LogP contribution in [0.3, 0.4) is 0 Å². The van der Waals surface area contributed by atoms with Crippen LogP contribution in [-0.4, -0.2) is 42.4 Å². The highest BCUT2D eigenvalue weighted by atomic mass is 16.6. The van der Waals surface area contributed by atoms with Gasteiger partial charge in [-0.05, 0) is 27.2 Å². The molecule has 1 saturated heterocycles. The van der Waals surface area contributed by atoms with Crippen LogP contribution in [0, 0.1) is 12.3 Å². The lowest BCUT2D eigenvalue weighted by molar-refractivity contribution is -0.0632. The number of carbonyl (C=O) groups is 1. The smallest absolute Gasteiger partial charge is 0.410 e. The van der Waals surface area contributed by atoms with E-state index in [2.05, 4.69) is 5.92 Å². The third kappa shape index (κ3) is 5.10. The SMILES string of the molecule is C#CCCCOC1CN(C(=O)OC(C)(C)C)C1. The minimum atomic E-state index is -0.435. The second-order valence-corrected chi connectivity index (χ2v) is 5.19. The van der Waals surface area contributed by atoms with Crippen molar-refractivity contribution in [3.05, 3.63) is 0 Å². The molecule has 0 saturated carbocycles. The van der Waals surface area contributed by atoms with Gasteiger partial charge in [0, 0.05) is 13.0 Å². The number of hydrogen-bond donors (Lipinski definition) is 0. The highest BCUT2D eigenvalue weighted by Gasteiger charge is 2.34. The predicted molar refractivity (Wildman–Crippen MR) is 65.6 cm³/mol. The molecule has 0 N–H and O–H groups in total. The molecule has 17 heavy (non-hydrogen) atoms. The van der Waals surface area contributed by atoms with Gasteiger partial charge in [-0.3, -0.25) is 0 Å². The van der Waals surface area contributed by atoms with Gasteiger partial charge in [-0.1, -0.05) is 0 Å². The number of rotatable bonds is 4. The van der Waals surface area contributed by atoms with Crippen LogP contribution >= 0.6 is 0 Å². The summed E-state index contributed by atoms with van der Waals surface area (Å²) < 4.78 is 10.8. The number of likely N-dealkylation sites (tertiary alicyclic amines) is 1. The Morgan fingerprint density at radius 2 is 2.12 bits per heavy atom. The Morgan fingerprint density at radius 3 is 2.65 bits per heavy atom. The van der Waals surface area contributed by atoms with E-state index < -0.39 is 5.60 Å². The van der Waals surface area contributed by atoms with E-state index in [0.717, 1.165) is 12.8 Å². The standard InChI is InChI=1S/C13H21NO3/c1-5-6-7-8-16-11-9-14(10-11)12(15)17-13(2,3)4/h1,11H,6-10H2,2-4H3. The number of carbonyl (C=O) groups excluding carboxylic acids is 1. The molecule has 1 aliphatic rings. The van der Waals surface area contributed by atoms with Crippen molar-refractivity contribution in [2.75, 3.05) is 19.7 Å². The van der Waals surface area contributed by atoms with Crippen molar-refractivity contribution in [3.63, 3.8) is 0 Å². The van der Waals surface area contributed by atoms with Gasteiger partial charge in [0.1, 0.15) is 5.60 Å². The Labute approximate surface area is 103 Å². The Bertz CT molecular complexity index is 295. The summed E-state index contributed by atoms with van der Waals surface area (Å²) in [6, 6.07) is 0. The number of amides is 1. The predicted octanol–water partition coefficient (Wildman–Crippen LogP) is 2.04. The highest BCUT2D eigenvalue weighted by Crippen LogP contribution is 2.17. The topological polar surface area (TPSA) is 38.8 Å². The maximum Gasteiger partial charge on any atom is 0.410 e. The first-order valence-corrected chi connectivity index (χ1v) is 5.95. The molecule has 0 unspecified atom stereocenters. The molecule has 0 aromatic rings. The molecule has 0 radical (unpaired) electrons. The largest absolute Gasteiger partial charge is 0.444 e.